The smallest absolute Gasteiger partial charge is 0.159 e. The highest BCUT2D eigenvalue weighted by molar-refractivity contribution is 5.77. The second kappa shape index (κ2) is 13.9. The van der Waals surface area contributed by atoms with Crippen molar-refractivity contribution in [1.82, 2.24) is 0 Å². The number of unbranched alkanes of at least 4 members (excludes halogenated alkanes) is 9. The van der Waals surface area contributed by atoms with Crippen molar-refractivity contribution >= 4 is 0 Å². The van der Waals surface area contributed by atoms with E-state index in [2.05, 4.69) is 6.92 Å². The predicted molar refractivity (Wildman–Crippen MR) is 134 cm³/mol. The van der Waals surface area contributed by atoms with Crippen LogP contribution in [-0.2, 0) is 0 Å². The van der Waals surface area contributed by atoms with Crippen LogP contribution >= 0.6 is 0 Å². The molecule has 0 aromatic heterocycles. The molecule has 0 spiro atoms. The minimum absolute atomic E-state index is 0.450. The Morgan fingerprint density at radius 2 is 1.00 bits per heavy atom. The normalized spacial score (nSPS) is 11.1. The van der Waals surface area contributed by atoms with Crippen molar-refractivity contribution in [2.45, 2.75) is 71.1 Å². The summed E-state index contributed by atoms with van der Waals surface area (Å²) in [5.41, 5.74) is 2.12. The van der Waals surface area contributed by atoms with Gasteiger partial charge in [-0.1, -0.05) is 82.9 Å². The van der Waals surface area contributed by atoms with Gasteiger partial charge in [0.05, 0.1) is 6.61 Å². The Morgan fingerprint density at radius 3 is 1.60 bits per heavy atom. The molecule has 0 atom stereocenters. The van der Waals surface area contributed by atoms with Crippen LogP contribution in [0, 0.1) is 23.3 Å². The van der Waals surface area contributed by atoms with Gasteiger partial charge in [0.1, 0.15) is 5.75 Å². The van der Waals surface area contributed by atoms with E-state index in [-0.39, 0.29) is 0 Å². The van der Waals surface area contributed by atoms with Crippen LogP contribution in [0.3, 0.4) is 0 Å². The summed E-state index contributed by atoms with van der Waals surface area (Å²) in [6.07, 6.45) is 12.2. The van der Waals surface area contributed by atoms with Gasteiger partial charge in [0.15, 0.2) is 23.3 Å². The van der Waals surface area contributed by atoms with E-state index in [1.54, 1.807) is 18.2 Å². The molecule has 0 aliphatic rings. The summed E-state index contributed by atoms with van der Waals surface area (Å²) in [6, 6.07) is 12.6. The van der Waals surface area contributed by atoms with E-state index in [9.17, 15) is 17.6 Å². The molecule has 0 radical (unpaired) electrons. The van der Waals surface area contributed by atoms with Crippen molar-refractivity contribution in [2.75, 3.05) is 6.61 Å². The zero-order chi connectivity index (χ0) is 25.0. The molecule has 3 aromatic carbocycles. The third-order valence-corrected chi connectivity index (χ3v) is 6.22. The van der Waals surface area contributed by atoms with Crippen LogP contribution in [0.15, 0.2) is 54.6 Å². The Labute approximate surface area is 206 Å². The molecule has 0 heterocycles. The van der Waals surface area contributed by atoms with Crippen LogP contribution in [0.4, 0.5) is 17.6 Å². The van der Waals surface area contributed by atoms with Crippen molar-refractivity contribution in [2.24, 2.45) is 0 Å². The molecule has 0 saturated carbocycles. The number of hydrogen-bond donors (Lipinski definition) is 0. The maximum Gasteiger partial charge on any atom is 0.159 e. The van der Waals surface area contributed by atoms with Crippen molar-refractivity contribution in [3.05, 3.63) is 77.9 Å². The lowest BCUT2D eigenvalue weighted by molar-refractivity contribution is 0.305. The summed E-state index contributed by atoms with van der Waals surface area (Å²) in [5.74, 6) is -3.22. The Kier molecular flexibility index (Phi) is 10.6. The van der Waals surface area contributed by atoms with E-state index in [0.29, 0.717) is 34.6 Å². The van der Waals surface area contributed by atoms with E-state index in [0.717, 1.165) is 37.1 Å². The zero-order valence-corrected chi connectivity index (χ0v) is 20.4. The predicted octanol–water partition coefficient (Wildman–Crippen LogP) is 9.88. The first kappa shape index (κ1) is 26.8. The SMILES string of the molecule is CCCCCCCCCCCCOc1ccc(-c2ccc(F)c(F)c2)cc1-c1ccc(F)c(F)c1. The van der Waals surface area contributed by atoms with Gasteiger partial charge in [-0.25, -0.2) is 17.6 Å². The van der Waals surface area contributed by atoms with Gasteiger partial charge in [0.25, 0.3) is 0 Å². The maximum absolute atomic E-state index is 14.0. The van der Waals surface area contributed by atoms with Gasteiger partial charge in [-0.15, -0.1) is 0 Å². The van der Waals surface area contributed by atoms with Gasteiger partial charge < -0.3 is 4.74 Å². The minimum atomic E-state index is -0.957. The molecule has 5 heteroatoms. The van der Waals surface area contributed by atoms with E-state index in [1.807, 2.05) is 0 Å². The lowest BCUT2D eigenvalue weighted by Gasteiger charge is -2.14. The summed E-state index contributed by atoms with van der Waals surface area (Å²) in [6.45, 7) is 2.74. The standard InChI is InChI=1S/C30H34F4O/c1-2-3-4-5-6-7-8-9-10-11-18-35-30-17-14-22(23-12-15-26(31)28(33)20-23)19-25(30)24-13-16-27(32)29(34)21-24/h12-17,19-21H,2-11,18H2,1H3. The summed E-state index contributed by atoms with van der Waals surface area (Å²) in [4.78, 5) is 0. The van der Waals surface area contributed by atoms with Crippen LogP contribution in [0.2, 0.25) is 0 Å². The number of ether oxygens (including phenoxy) is 1. The third kappa shape index (κ3) is 8.12. The molecule has 3 aromatic rings. The van der Waals surface area contributed by atoms with Gasteiger partial charge in [0.2, 0.25) is 0 Å². The summed E-state index contributed by atoms with van der Waals surface area (Å²) >= 11 is 0. The topological polar surface area (TPSA) is 9.23 Å². The van der Waals surface area contributed by atoms with Crippen LogP contribution in [0.5, 0.6) is 5.75 Å². The Hall–Kier alpha value is -2.82. The highest BCUT2D eigenvalue weighted by Gasteiger charge is 2.13. The molecular weight excluding hydrogens is 452 g/mol. The molecule has 188 valence electrons. The number of rotatable bonds is 14. The molecule has 0 aliphatic carbocycles. The third-order valence-electron chi connectivity index (χ3n) is 6.22. The van der Waals surface area contributed by atoms with Gasteiger partial charge in [0, 0.05) is 5.56 Å². The summed E-state index contributed by atoms with van der Waals surface area (Å²) in [7, 11) is 0. The molecule has 0 saturated heterocycles. The van der Waals surface area contributed by atoms with E-state index in [4.69, 9.17) is 4.74 Å². The average Bonchev–Trinajstić information content (AvgIpc) is 2.86. The monoisotopic (exact) mass is 486 g/mol. The van der Waals surface area contributed by atoms with Gasteiger partial charge in [-0.2, -0.15) is 0 Å². The summed E-state index contributed by atoms with van der Waals surface area (Å²) in [5, 5.41) is 0. The Morgan fingerprint density at radius 1 is 0.514 bits per heavy atom. The first-order valence-corrected chi connectivity index (χ1v) is 12.7. The lowest BCUT2D eigenvalue weighted by Crippen LogP contribution is -2.00. The van der Waals surface area contributed by atoms with Crippen molar-refractivity contribution in [3.8, 4) is 28.0 Å². The van der Waals surface area contributed by atoms with Gasteiger partial charge in [-0.3, -0.25) is 0 Å². The van der Waals surface area contributed by atoms with Crippen LogP contribution in [0.25, 0.3) is 22.3 Å². The number of hydrogen-bond acceptors (Lipinski definition) is 1. The molecule has 0 amide bonds. The lowest BCUT2D eigenvalue weighted by atomic mass is 9.98. The average molecular weight is 487 g/mol. The fourth-order valence-corrected chi connectivity index (χ4v) is 4.17. The van der Waals surface area contributed by atoms with Crippen LogP contribution in [0.1, 0.15) is 71.1 Å². The fourth-order valence-electron chi connectivity index (χ4n) is 4.17. The maximum atomic E-state index is 14.0. The van der Waals surface area contributed by atoms with Crippen molar-refractivity contribution < 1.29 is 22.3 Å². The van der Waals surface area contributed by atoms with E-state index < -0.39 is 23.3 Å². The molecule has 0 N–H and O–H groups in total. The molecule has 3 rings (SSSR count). The van der Waals surface area contributed by atoms with Crippen molar-refractivity contribution in [1.29, 1.82) is 0 Å². The largest absolute Gasteiger partial charge is 0.493 e. The number of benzene rings is 3. The highest BCUT2D eigenvalue weighted by atomic mass is 19.2. The Bertz CT molecular complexity index is 1080. The molecule has 1 nitrogen and oxygen atoms in total. The van der Waals surface area contributed by atoms with Gasteiger partial charge >= 0.3 is 0 Å². The van der Waals surface area contributed by atoms with E-state index >= 15 is 0 Å². The molecule has 0 fully saturated rings. The van der Waals surface area contributed by atoms with Gasteiger partial charge in [-0.05, 0) is 59.5 Å². The zero-order valence-electron chi connectivity index (χ0n) is 20.4. The van der Waals surface area contributed by atoms with Crippen molar-refractivity contribution in [3.63, 3.8) is 0 Å². The fraction of sp³-hybridized carbons (Fsp3) is 0.400. The quantitative estimate of drug-likeness (QED) is 0.163. The molecule has 0 unspecified atom stereocenters. The Balaban J connectivity index is 1.63. The van der Waals surface area contributed by atoms with Crippen LogP contribution < -0.4 is 4.74 Å². The van der Waals surface area contributed by atoms with E-state index in [1.165, 1.54) is 63.5 Å². The molecule has 35 heavy (non-hydrogen) atoms. The second-order valence-corrected chi connectivity index (χ2v) is 9.00. The van der Waals surface area contributed by atoms with Crippen LogP contribution in [-0.4, -0.2) is 6.61 Å². The minimum Gasteiger partial charge on any atom is -0.493 e. The highest BCUT2D eigenvalue weighted by Crippen LogP contribution is 2.35. The first-order chi connectivity index (χ1) is 17.0. The number of halogens is 4. The molecule has 0 bridgehead atoms. The molecular formula is C30H34F4O. The molecule has 0 aliphatic heterocycles. The summed E-state index contributed by atoms with van der Waals surface area (Å²) < 4.78 is 60.6. The first-order valence-electron chi connectivity index (χ1n) is 12.7. The second-order valence-electron chi connectivity index (χ2n) is 9.00.